The molecule has 0 bridgehead atoms. The van der Waals surface area contributed by atoms with Crippen molar-refractivity contribution < 1.29 is 9.59 Å². The largest absolute Gasteiger partial charge is 0.326 e. The lowest BCUT2D eigenvalue weighted by Gasteiger charge is -2.10. The van der Waals surface area contributed by atoms with Gasteiger partial charge in [-0.25, -0.2) is 0 Å². The van der Waals surface area contributed by atoms with Gasteiger partial charge in [-0.05, 0) is 18.2 Å². The van der Waals surface area contributed by atoms with E-state index in [1.54, 1.807) is 30.6 Å². The zero-order valence-corrected chi connectivity index (χ0v) is 14.0. The van der Waals surface area contributed by atoms with Crippen LogP contribution < -0.4 is 10.6 Å². The number of anilines is 2. The van der Waals surface area contributed by atoms with Gasteiger partial charge in [0.05, 0.1) is 16.5 Å². The van der Waals surface area contributed by atoms with E-state index in [0.29, 0.717) is 22.8 Å². The number of amides is 2. The molecule has 2 N–H and O–H groups in total. The third kappa shape index (κ3) is 4.97. The molecule has 0 saturated heterocycles. The van der Waals surface area contributed by atoms with Gasteiger partial charge >= 0.3 is 0 Å². The molecule has 22 heavy (non-hydrogen) atoms. The average Bonchev–Trinajstić information content (AvgIpc) is 3.02. The molecule has 0 unspecified atom stereocenters. The summed E-state index contributed by atoms with van der Waals surface area (Å²) < 4.78 is 0.727. The number of hydrogen-bond acceptors (Lipinski definition) is 6. The molecule has 2 aromatic rings. The lowest BCUT2D eigenvalue weighted by atomic mass is 10.2. The predicted molar refractivity (Wildman–Crippen MR) is 89.6 cm³/mol. The van der Waals surface area contributed by atoms with Gasteiger partial charge in [0.25, 0.3) is 0 Å². The Morgan fingerprint density at radius 1 is 1.32 bits per heavy atom. The van der Waals surface area contributed by atoms with Crippen LogP contribution in [-0.4, -0.2) is 27.8 Å². The molecule has 2 rings (SSSR count). The standard InChI is InChI=1S/C13H13ClN4O2S2/c1-2-11(19)16-8-3-4-9(14)10(5-8)17-12(20)6-21-13-18-15-7-22-13/h3-5,7H,2,6H2,1H3,(H,16,19)(H,17,20). The number of nitrogens with one attached hydrogen (secondary N) is 2. The van der Waals surface area contributed by atoms with Crippen LogP contribution in [0.1, 0.15) is 13.3 Å². The molecule has 116 valence electrons. The van der Waals surface area contributed by atoms with E-state index in [-0.39, 0.29) is 17.6 Å². The zero-order chi connectivity index (χ0) is 15.9. The number of carbonyl (C=O) groups excluding carboxylic acids is 2. The van der Waals surface area contributed by atoms with Gasteiger partial charge in [0.2, 0.25) is 11.8 Å². The third-order valence-electron chi connectivity index (χ3n) is 2.51. The highest BCUT2D eigenvalue weighted by Crippen LogP contribution is 2.26. The number of carbonyl (C=O) groups is 2. The molecule has 2 amide bonds. The first kappa shape index (κ1) is 16.7. The fourth-order valence-electron chi connectivity index (χ4n) is 1.49. The summed E-state index contributed by atoms with van der Waals surface area (Å²) in [7, 11) is 0. The quantitative estimate of drug-likeness (QED) is 0.776. The van der Waals surface area contributed by atoms with Crippen LogP contribution in [0.15, 0.2) is 28.0 Å². The van der Waals surface area contributed by atoms with Gasteiger partial charge < -0.3 is 10.6 Å². The third-order valence-corrected chi connectivity index (χ3v) is 4.70. The van der Waals surface area contributed by atoms with Crippen molar-refractivity contribution in [2.24, 2.45) is 0 Å². The molecule has 0 saturated carbocycles. The fraction of sp³-hybridized carbons (Fsp3) is 0.231. The number of hydrogen-bond donors (Lipinski definition) is 2. The second-order valence-electron chi connectivity index (χ2n) is 4.14. The second-order valence-corrected chi connectivity index (χ2v) is 6.60. The maximum absolute atomic E-state index is 11.9. The van der Waals surface area contributed by atoms with Crippen LogP contribution in [0.4, 0.5) is 11.4 Å². The van der Waals surface area contributed by atoms with E-state index in [9.17, 15) is 9.59 Å². The smallest absolute Gasteiger partial charge is 0.234 e. The van der Waals surface area contributed by atoms with Gasteiger partial charge in [0, 0.05) is 12.1 Å². The molecular formula is C13H13ClN4O2S2. The molecule has 1 heterocycles. The summed E-state index contributed by atoms with van der Waals surface area (Å²) in [5.74, 6) is -0.107. The van der Waals surface area contributed by atoms with Crippen molar-refractivity contribution in [2.75, 3.05) is 16.4 Å². The Balaban J connectivity index is 1.97. The highest BCUT2D eigenvalue weighted by Gasteiger charge is 2.09. The average molecular weight is 357 g/mol. The van der Waals surface area contributed by atoms with E-state index < -0.39 is 0 Å². The predicted octanol–water partition coefficient (Wildman–Crippen LogP) is 3.27. The number of halogens is 1. The first-order chi connectivity index (χ1) is 10.6. The molecule has 1 aromatic carbocycles. The maximum Gasteiger partial charge on any atom is 0.234 e. The van der Waals surface area contributed by atoms with Crippen molar-refractivity contribution in [1.82, 2.24) is 10.2 Å². The normalized spacial score (nSPS) is 10.3. The zero-order valence-electron chi connectivity index (χ0n) is 11.6. The minimum atomic E-state index is -0.207. The Labute approximate surface area is 140 Å². The lowest BCUT2D eigenvalue weighted by molar-refractivity contribution is -0.116. The van der Waals surface area contributed by atoms with Crippen LogP contribution in [0.2, 0.25) is 5.02 Å². The summed E-state index contributed by atoms with van der Waals surface area (Å²) in [6, 6.07) is 4.94. The number of aromatic nitrogens is 2. The SMILES string of the molecule is CCC(=O)Nc1ccc(Cl)c(NC(=O)CSc2nncs2)c1. The molecule has 1 aromatic heterocycles. The first-order valence-corrected chi connectivity index (χ1v) is 8.61. The monoisotopic (exact) mass is 356 g/mol. The summed E-state index contributed by atoms with van der Waals surface area (Å²) >= 11 is 8.73. The van der Waals surface area contributed by atoms with Gasteiger partial charge in [-0.1, -0.05) is 41.6 Å². The van der Waals surface area contributed by atoms with Gasteiger partial charge in [0.1, 0.15) is 5.51 Å². The number of benzene rings is 1. The summed E-state index contributed by atoms with van der Waals surface area (Å²) in [6.45, 7) is 1.76. The molecule has 6 nitrogen and oxygen atoms in total. The van der Waals surface area contributed by atoms with Crippen molar-refractivity contribution in [2.45, 2.75) is 17.7 Å². The van der Waals surface area contributed by atoms with Crippen LogP contribution in [-0.2, 0) is 9.59 Å². The van der Waals surface area contributed by atoms with E-state index in [1.165, 1.54) is 23.1 Å². The first-order valence-electron chi connectivity index (χ1n) is 6.36. The minimum Gasteiger partial charge on any atom is -0.326 e. The van der Waals surface area contributed by atoms with Crippen LogP contribution >= 0.6 is 34.7 Å². The van der Waals surface area contributed by atoms with Crippen LogP contribution in [0.25, 0.3) is 0 Å². The van der Waals surface area contributed by atoms with Crippen LogP contribution in [0.3, 0.4) is 0 Å². The van der Waals surface area contributed by atoms with Crippen molar-refractivity contribution >= 4 is 57.9 Å². The molecule has 0 aliphatic carbocycles. The summed E-state index contributed by atoms with van der Waals surface area (Å²) in [6.07, 6.45) is 0.378. The Morgan fingerprint density at radius 3 is 2.82 bits per heavy atom. The minimum absolute atomic E-state index is 0.105. The number of nitrogens with zero attached hydrogens (tertiary/aromatic N) is 2. The molecule has 0 spiro atoms. The number of thioether (sulfide) groups is 1. The summed E-state index contributed by atoms with van der Waals surface area (Å²) in [4.78, 5) is 23.3. The molecule has 0 aliphatic heterocycles. The summed E-state index contributed by atoms with van der Waals surface area (Å²) in [5, 5.41) is 13.4. The lowest BCUT2D eigenvalue weighted by Crippen LogP contribution is -2.15. The topological polar surface area (TPSA) is 84.0 Å². The Morgan fingerprint density at radius 2 is 2.14 bits per heavy atom. The molecule has 0 fully saturated rings. The van der Waals surface area contributed by atoms with E-state index in [1.807, 2.05) is 0 Å². The molecular weight excluding hydrogens is 344 g/mol. The molecule has 0 atom stereocenters. The number of rotatable bonds is 6. The van der Waals surface area contributed by atoms with E-state index in [4.69, 9.17) is 11.6 Å². The maximum atomic E-state index is 11.9. The summed E-state index contributed by atoms with van der Waals surface area (Å²) in [5.41, 5.74) is 2.65. The van der Waals surface area contributed by atoms with E-state index in [0.717, 1.165) is 4.34 Å². The Kier molecular flexibility index (Phi) is 6.17. The fourth-order valence-corrected chi connectivity index (χ4v) is 2.94. The van der Waals surface area contributed by atoms with E-state index >= 15 is 0 Å². The van der Waals surface area contributed by atoms with E-state index in [2.05, 4.69) is 20.8 Å². The van der Waals surface area contributed by atoms with Gasteiger partial charge in [-0.2, -0.15) is 0 Å². The van der Waals surface area contributed by atoms with Crippen molar-refractivity contribution in [3.63, 3.8) is 0 Å². The Hall–Kier alpha value is -1.64. The van der Waals surface area contributed by atoms with Gasteiger partial charge in [-0.3, -0.25) is 9.59 Å². The molecule has 0 aliphatic rings. The van der Waals surface area contributed by atoms with Crippen LogP contribution in [0, 0.1) is 0 Å². The van der Waals surface area contributed by atoms with Gasteiger partial charge in [0.15, 0.2) is 4.34 Å². The van der Waals surface area contributed by atoms with Crippen molar-refractivity contribution in [3.8, 4) is 0 Å². The Bertz CT molecular complexity index is 664. The van der Waals surface area contributed by atoms with Crippen molar-refractivity contribution in [3.05, 3.63) is 28.7 Å². The highest BCUT2D eigenvalue weighted by atomic mass is 35.5. The molecule has 9 heteroatoms. The highest BCUT2D eigenvalue weighted by molar-refractivity contribution is 8.01. The molecule has 0 radical (unpaired) electrons. The van der Waals surface area contributed by atoms with Gasteiger partial charge in [-0.15, -0.1) is 10.2 Å². The van der Waals surface area contributed by atoms with Crippen LogP contribution in [0.5, 0.6) is 0 Å². The second kappa shape index (κ2) is 8.11. The van der Waals surface area contributed by atoms with Crippen molar-refractivity contribution in [1.29, 1.82) is 0 Å².